The molecule has 1 aliphatic heterocycles. The van der Waals surface area contributed by atoms with E-state index in [0.29, 0.717) is 4.88 Å². The molecule has 2 N–H and O–H groups in total. The lowest BCUT2D eigenvalue weighted by Gasteiger charge is -2.44. The second-order valence-corrected chi connectivity index (χ2v) is 8.76. The molecular formula is C17H23F2N3O3S. The van der Waals surface area contributed by atoms with Crippen LogP contribution in [0.25, 0.3) is 0 Å². The Kier molecular flexibility index (Phi) is 5.30. The van der Waals surface area contributed by atoms with Gasteiger partial charge in [-0.2, -0.15) is 0 Å². The Balaban J connectivity index is 1.66. The number of carbonyl (C=O) groups excluding carboxylic acids is 2. The Labute approximate surface area is 154 Å². The van der Waals surface area contributed by atoms with E-state index in [-0.39, 0.29) is 41.4 Å². The molecule has 3 atom stereocenters. The van der Waals surface area contributed by atoms with Crippen molar-refractivity contribution in [1.29, 1.82) is 0 Å². The summed E-state index contributed by atoms with van der Waals surface area (Å²) in [7, 11) is 0. The first-order chi connectivity index (χ1) is 12.2. The Morgan fingerprint density at radius 2 is 1.92 bits per heavy atom. The summed E-state index contributed by atoms with van der Waals surface area (Å²) in [5.41, 5.74) is 0.292. The Morgan fingerprint density at radius 3 is 2.46 bits per heavy atom. The molecule has 0 aromatic carbocycles. The summed E-state index contributed by atoms with van der Waals surface area (Å²) in [4.78, 5) is 29.4. The van der Waals surface area contributed by atoms with Crippen molar-refractivity contribution < 1.29 is 23.1 Å². The topological polar surface area (TPSA) is 80.3 Å². The number of ether oxygens (including phenoxy) is 1. The molecule has 144 valence electrons. The van der Waals surface area contributed by atoms with E-state index in [1.807, 2.05) is 0 Å². The lowest BCUT2D eigenvalue weighted by atomic mass is 9.67. The van der Waals surface area contributed by atoms with Crippen LogP contribution >= 0.6 is 11.3 Å². The van der Waals surface area contributed by atoms with E-state index in [4.69, 9.17) is 4.74 Å². The molecule has 1 aromatic rings. The number of aromatic nitrogens is 1. The maximum absolute atomic E-state index is 13.8. The summed E-state index contributed by atoms with van der Waals surface area (Å²) >= 11 is 1.11. The van der Waals surface area contributed by atoms with Gasteiger partial charge < -0.3 is 15.4 Å². The van der Waals surface area contributed by atoms with Crippen LogP contribution in [0.5, 0.6) is 0 Å². The van der Waals surface area contributed by atoms with Gasteiger partial charge in [0.25, 0.3) is 5.91 Å². The molecule has 2 heterocycles. The summed E-state index contributed by atoms with van der Waals surface area (Å²) in [5.74, 6) is -2.51. The number of nitrogens with zero attached hydrogens (tertiary/aromatic N) is 1. The second-order valence-electron chi connectivity index (χ2n) is 7.56. The quantitative estimate of drug-likeness (QED) is 0.832. The van der Waals surface area contributed by atoms with E-state index in [2.05, 4.69) is 29.5 Å². The SMILES string of the molecule is Cc1sc(NC(=O)C2C(F)COCC2F)nc1C(=O)N[C@H]1CCC1(C)C. The van der Waals surface area contributed by atoms with Gasteiger partial charge >= 0.3 is 0 Å². The fourth-order valence-electron chi connectivity index (χ4n) is 3.27. The Hall–Kier alpha value is -1.61. The van der Waals surface area contributed by atoms with Gasteiger partial charge in [0.1, 0.15) is 24.0 Å². The molecule has 3 rings (SSSR count). The van der Waals surface area contributed by atoms with Gasteiger partial charge in [0.15, 0.2) is 5.13 Å². The monoisotopic (exact) mass is 387 g/mol. The minimum atomic E-state index is -1.71. The van der Waals surface area contributed by atoms with Gasteiger partial charge in [-0.1, -0.05) is 13.8 Å². The number of nitrogens with one attached hydrogen (secondary N) is 2. The number of halogens is 2. The highest BCUT2D eigenvalue weighted by molar-refractivity contribution is 7.16. The van der Waals surface area contributed by atoms with Crippen molar-refractivity contribution in [2.75, 3.05) is 18.5 Å². The molecule has 26 heavy (non-hydrogen) atoms. The second kappa shape index (κ2) is 7.19. The Morgan fingerprint density at radius 1 is 1.27 bits per heavy atom. The third-order valence-corrected chi connectivity index (χ3v) is 6.09. The lowest BCUT2D eigenvalue weighted by molar-refractivity contribution is -0.132. The zero-order valence-electron chi connectivity index (χ0n) is 15.0. The van der Waals surface area contributed by atoms with Gasteiger partial charge in [0.05, 0.1) is 13.2 Å². The summed E-state index contributed by atoms with van der Waals surface area (Å²) in [6.45, 7) is 5.30. The smallest absolute Gasteiger partial charge is 0.271 e. The molecule has 2 fully saturated rings. The van der Waals surface area contributed by atoms with Crippen LogP contribution in [0.4, 0.5) is 13.9 Å². The van der Waals surface area contributed by atoms with Gasteiger partial charge in [-0.25, -0.2) is 13.8 Å². The molecule has 2 unspecified atom stereocenters. The van der Waals surface area contributed by atoms with Crippen molar-refractivity contribution in [1.82, 2.24) is 10.3 Å². The molecule has 2 aliphatic rings. The fraction of sp³-hybridized carbons (Fsp3) is 0.706. The molecule has 1 aliphatic carbocycles. The van der Waals surface area contributed by atoms with Crippen LogP contribution in [0.15, 0.2) is 0 Å². The molecule has 1 aromatic heterocycles. The summed E-state index contributed by atoms with van der Waals surface area (Å²) in [6, 6.07) is 0.0935. The minimum absolute atomic E-state index is 0.0615. The van der Waals surface area contributed by atoms with Crippen LogP contribution in [0.2, 0.25) is 0 Å². The first kappa shape index (κ1) is 19.2. The van der Waals surface area contributed by atoms with Gasteiger partial charge in [0.2, 0.25) is 5.91 Å². The maximum Gasteiger partial charge on any atom is 0.271 e. The number of thiazole rings is 1. The molecular weight excluding hydrogens is 364 g/mol. The molecule has 2 amide bonds. The first-order valence-corrected chi connectivity index (χ1v) is 9.45. The van der Waals surface area contributed by atoms with E-state index in [9.17, 15) is 18.4 Å². The van der Waals surface area contributed by atoms with Crippen LogP contribution in [0, 0.1) is 18.3 Å². The van der Waals surface area contributed by atoms with E-state index < -0.39 is 24.2 Å². The Bertz CT molecular complexity index is 699. The van der Waals surface area contributed by atoms with Crippen molar-refractivity contribution in [3.63, 3.8) is 0 Å². The highest BCUT2D eigenvalue weighted by atomic mass is 32.1. The van der Waals surface area contributed by atoms with Crippen LogP contribution in [0.1, 0.15) is 42.1 Å². The first-order valence-electron chi connectivity index (χ1n) is 8.64. The normalized spacial score (nSPS) is 30.3. The number of carbonyl (C=O) groups is 2. The highest BCUT2D eigenvalue weighted by Gasteiger charge is 2.41. The van der Waals surface area contributed by atoms with Crippen molar-refractivity contribution in [2.24, 2.45) is 11.3 Å². The number of rotatable bonds is 4. The summed E-state index contributed by atoms with van der Waals surface area (Å²) in [5, 5.41) is 5.57. The molecule has 0 bridgehead atoms. The number of anilines is 1. The molecule has 6 nitrogen and oxygen atoms in total. The van der Waals surface area contributed by atoms with Crippen LogP contribution in [-0.4, -0.2) is 48.4 Å². The highest BCUT2D eigenvalue weighted by Crippen LogP contribution is 2.40. The number of amides is 2. The van der Waals surface area contributed by atoms with E-state index in [1.165, 1.54) is 0 Å². The number of hydrogen-bond donors (Lipinski definition) is 2. The number of aryl methyl sites for hydroxylation is 1. The maximum atomic E-state index is 13.8. The third kappa shape index (κ3) is 3.73. The average Bonchev–Trinajstić information content (AvgIpc) is 2.91. The summed E-state index contributed by atoms with van der Waals surface area (Å²) < 4.78 is 32.4. The number of alkyl halides is 2. The zero-order valence-corrected chi connectivity index (χ0v) is 15.8. The lowest BCUT2D eigenvalue weighted by Crippen LogP contribution is -2.52. The minimum Gasteiger partial charge on any atom is -0.375 e. The largest absolute Gasteiger partial charge is 0.375 e. The van der Waals surface area contributed by atoms with Gasteiger partial charge in [-0.15, -0.1) is 11.3 Å². The van der Waals surface area contributed by atoms with Gasteiger partial charge in [-0.05, 0) is 25.2 Å². The zero-order chi connectivity index (χ0) is 19.1. The van der Waals surface area contributed by atoms with E-state index >= 15 is 0 Å². The molecule has 9 heteroatoms. The van der Waals surface area contributed by atoms with Crippen molar-refractivity contribution >= 4 is 28.3 Å². The van der Waals surface area contributed by atoms with Crippen LogP contribution in [0.3, 0.4) is 0 Å². The molecule has 1 saturated heterocycles. The van der Waals surface area contributed by atoms with Crippen molar-refractivity contribution in [3.8, 4) is 0 Å². The number of hydrogen-bond acceptors (Lipinski definition) is 5. The van der Waals surface area contributed by atoms with Gasteiger partial charge in [-0.3, -0.25) is 9.59 Å². The average molecular weight is 387 g/mol. The molecule has 0 radical (unpaired) electrons. The van der Waals surface area contributed by atoms with E-state index in [1.54, 1.807) is 6.92 Å². The summed E-state index contributed by atoms with van der Waals surface area (Å²) in [6.07, 6.45) is -1.44. The van der Waals surface area contributed by atoms with Crippen LogP contribution < -0.4 is 10.6 Å². The molecule has 1 saturated carbocycles. The van der Waals surface area contributed by atoms with E-state index in [0.717, 1.165) is 24.2 Å². The third-order valence-electron chi connectivity index (χ3n) is 5.20. The predicted molar refractivity (Wildman–Crippen MR) is 93.9 cm³/mol. The fourth-order valence-corrected chi connectivity index (χ4v) is 4.08. The standard InChI is InChI=1S/C17H23F2N3O3S/c1-8-13(15(24)20-11-4-5-17(11,2)3)21-16(26-8)22-14(23)12-9(18)6-25-7-10(12)19/h9-12H,4-7H2,1-3H3,(H,20,24)(H,21,22,23)/t9?,10?,11-,12?/m0/s1. The van der Waals surface area contributed by atoms with Crippen LogP contribution in [-0.2, 0) is 9.53 Å². The van der Waals surface area contributed by atoms with Crippen molar-refractivity contribution in [2.45, 2.75) is 52.0 Å². The predicted octanol–water partition coefficient (Wildman–Crippen LogP) is 2.63. The van der Waals surface area contributed by atoms with Crippen molar-refractivity contribution in [3.05, 3.63) is 10.6 Å². The molecule has 0 spiro atoms. The van der Waals surface area contributed by atoms with Gasteiger partial charge in [0, 0.05) is 10.9 Å².